The van der Waals surface area contributed by atoms with Crippen molar-refractivity contribution in [2.75, 3.05) is 18.0 Å². The zero-order valence-corrected chi connectivity index (χ0v) is 18.6. The van der Waals surface area contributed by atoms with Crippen LogP contribution >= 0.6 is 0 Å². The fourth-order valence-corrected chi connectivity index (χ4v) is 6.35. The van der Waals surface area contributed by atoms with Crippen LogP contribution in [-0.4, -0.2) is 41.7 Å². The van der Waals surface area contributed by atoms with Gasteiger partial charge in [0.1, 0.15) is 11.6 Å². The van der Waals surface area contributed by atoms with Gasteiger partial charge in [-0.3, -0.25) is 9.69 Å². The van der Waals surface area contributed by atoms with Gasteiger partial charge in [-0.15, -0.1) is 0 Å². The number of fused-ring (bicyclic) bond motifs is 1. The molecular formula is C23H28N4O3S. The van der Waals surface area contributed by atoms with Crippen molar-refractivity contribution in [2.45, 2.75) is 62.8 Å². The fourth-order valence-electron chi connectivity index (χ4n) is 4.68. The number of aryl methyl sites for hydroxylation is 1. The SMILES string of the molecule is Cc1nc([C@H]2CCCCN2S(=O)(=O)c2ccccc2)nc2c1CCC(=O)N2CC1CC1. The van der Waals surface area contributed by atoms with Crippen molar-refractivity contribution in [3.05, 3.63) is 47.4 Å². The highest BCUT2D eigenvalue weighted by Gasteiger charge is 2.38. The van der Waals surface area contributed by atoms with Crippen molar-refractivity contribution in [3.8, 4) is 0 Å². The molecular weight excluding hydrogens is 412 g/mol. The number of carbonyl (C=O) groups is 1. The highest BCUT2D eigenvalue weighted by atomic mass is 32.2. The Balaban J connectivity index is 1.55. The number of hydrogen-bond acceptors (Lipinski definition) is 5. The average Bonchev–Trinajstić information content (AvgIpc) is 3.60. The van der Waals surface area contributed by atoms with E-state index in [9.17, 15) is 13.2 Å². The molecule has 3 heterocycles. The smallest absolute Gasteiger partial charge is 0.243 e. The number of aromatic nitrogens is 2. The van der Waals surface area contributed by atoms with Crippen LogP contribution in [0.1, 0.15) is 61.6 Å². The maximum absolute atomic E-state index is 13.4. The number of sulfonamides is 1. The summed E-state index contributed by atoms with van der Waals surface area (Å²) in [6.07, 6.45) is 5.87. The van der Waals surface area contributed by atoms with E-state index in [1.165, 1.54) is 0 Å². The van der Waals surface area contributed by atoms with E-state index in [1.807, 2.05) is 17.9 Å². The molecule has 0 unspecified atom stereocenters. The summed E-state index contributed by atoms with van der Waals surface area (Å²) in [5, 5.41) is 0. The van der Waals surface area contributed by atoms with E-state index in [0.29, 0.717) is 54.8 Å². The maximum Gasteiger partial charge on any atom is 0.243 e. The predicted octanol–water partition coefficient (Wildman–Crippen LogP) is 3.39. The minimum absolute atomic E-state index is 0.112. The van der Waals surface area contributed by atoms with Crippen molar-refractivity contribution in [2.24, 2.45) is 5.92 Å². The van der Waals surface area contributed by atoms with E-state index in [0.717, 1.165) is 36.9 Å². The summed E-state index contributed by atoms with van der Waals surface area (Å²) in [6.45, 7) is 3.11. The lowest BCUT2D eigenvalue weighted by Crippen LogP contribution is -2.41. The molecule has 0 radical (unpaired) electrons. The standard InChI is InChI=1S/C23H28N4O3S/c1-16-19-12-13-21(28)26(15-17-10-11-17)23(19)25-22(24-16)20-9-5-6-14-27(20)31(29,30)18-7-3-2-4-8-18/h2-4,7-8,17,20H,5-6,9-15H2,1H3/t20-/m1/s1. The summed E-state index contributed by atoms with van der Waals surface area (Å²) in [5.41, 5.74) is 1.88. The van der Waals surface area contributed by atoms with Crippen molar-refractivity contribution in [3.63, 3.8) is 0 Å². The quantitative estimate of drug-likeness (QED) is 0.712. The van der Waals surface area contributed by atoms with Crippen LogP contribution in [0.3, 0.4) is 0 Å². The average molecular weight is 441 g/mol. The second-order valence-electron chi connectivity index (χ2n) is 8.86. The van der Waals surface area contributed by atoms with Crippen LogP contribution < -0.4 is 4.90 Å². The third-order valence-corrected chi connectivity index (χ3v) is 8.52. The van der Waals surface area contributed by atoms with Crippen LogP contribution in [0.5, 0.6) is 0 Å². The monoisotopic (exact) mass is 440 g/mol. The van der Waals surface area contributed by atoms with Crippen LogP contribution in [0.25, 0.3) is 0 Å². The van der Waals surface area contributed by atoms with Crippen LogP contribution in [0.4, 0.5) is 5.82 Å². The first-order chi connectivity index (χ1) is 14.9. The third-order valence-electron chi connectivity index (χ3n) is 6.59. The second kappa shape index (κ2) is 7.98. The Morgan fingerprint density at radius 2 is 1.81 bits per heavy atom. The Kier molecular flexibility index (Phi) is 5.30. The van der Waals surface area contributed by atoms with Gasteiger partial charge in [-0.2, -0.15) is 4.31 Å². The fraction of sp³-hybridized carbons (Fsp3) is 0.522. The molecule has 0 bridgehead atoms. The van der Waals surface area contributed by atoms with Gasteiger partial charge in [0.05, 0.1) is 10.9 Å². The first-order valence-corrected chi connectivity index (χ1v) is 12.6. The van der Waals surface area contributed by atoms with E-state index in [4.69, 9.17) is 9.97 Å². The molecule has 8 heteroatoms. The van der Waals surface area contributed by atoms with Gasteiger partial charge in [0, 0.05) is 30.8 Å². The maximum atomic E-state index is 13.4. The minimum atomic E-state index is -3.65. The Hall–Kier alpha value is -2.32. The minimum Gasteiger partial charge on any atom is -0.296 e. The molecule has 164 valence electrons. The lowest BCUT2D eigenvalue weighted by atomic mass is 10.0. The molecule has 5 rings (SSSR count). The van der Waals surface area contributed by atoms with E-state index < -0.39 is 16.1 Å². The topological polar surface area (TPSA) is 83.5 Å². The molecule has 1 atom stereocenters. The number of nitrogens with zero attached hydrogens (tertiary/aromatic N) is 4. The zero-order valence-electron chi connectivity index (χ0n) is 17.8. The van der Waals surface area contributed by atoms with E-state index in [1.54, 1.807) is 28.6 Å². The van der Waals surface area contributed by atoms with Gasteiger partial charge in [-0.25, -0.2) is 18.4 Å². The highest BCUT2D eigenvalue weighted by Crippen LogP contribution is 2.38. The molecule has 1 saturated heterocycles. The second-order valence-corrected chi connectivity index (χ2v) is 10.7. The molecule has 0 spiro atoms. The number of carbonyl (C=O) groups excluding carboxylic acids is 1. The van der Waals surface area contributed by atoms with Gasteiger partial charge in [0.15, 0.2) is 0 Å². The Morgan fingerprint density at radius 1 is 1.03 bits per heavy atom. The highest BCUT2D eigenvalue weighted by molar-refractivity contribution is 7.89. The Bertz CT molecular complexity index is 1100. The van der Waals surface area contributed by atoms with Crippen molar-refractivity contribution < 1.29 is 13.2 Å². The molecule has 1 saturated carbocycles. The molecule has 1 aromatic heterocycles. The van der Waals surface area contributed by atoms with E-state index in [-0.39, 0.29) is 5.91 Å². The summed E-state index contributed by atoms with van der Waals surface area (Å²) < 4.78 is 28.4. The van der Waals surface area contributed by atoms with Gasteiger partial charge >= 0.3 is 0 Å². The van der Waals surface area contributed by atoms with Gasteiger partial charge in [0.2, 0.25) is 15.9 Å². The number of piperidine rings is 1. The van der Waals surface area contributed by atoms with E-state index in [2.05, 4.69) is 0 Å². The van der Waals surface area contributed by atoms with Gasteiger partial charge in [0.25, 0.3) is 0 Å². The summed E-state index contributed by atoms with van der Waals surface area (Å²) in [5.74, 6) is 1.89. The molecule has 31 heavy (non-hydrogen) atoms. The molecule has 1 aromatic carbocycles. The Morgan fingerprint density at radius 3 is 2.55 bits per heavy atom. The van der Waals surface area contributed by atoms with Crippen LogP contribution in [0.2, 0.25) is 0 Å². The summed E-state index contributed by atoms with van der Waals surface area (Å²) in [7, 11) is -3.65. The molecule has 1 aliphatic carbocycles. The number of anilines is 1. The number of amides is 1. The molecule has 0 N–H and O–H groups in total. The molecule has 3 aliphatic rings. The van der Waals surface area contributed by atoms with Crippen molar-refractivity contribution >= 4 is 21.7 Å². The van der Waals surface area contributed by atoms with Gasteiger partial charge in [-0.05, 0) is 57.1 Å². The lowest BCUT2D eigenvalue weighted by molar-refractivity contribution is -0.119. The molecule has 7 nitrogen and oxygen atoms in total. The van der Waals surface area contributed by atoms with Gasteiger partial charge in [-0.1, -0.05) is 24.6 Å². The first kappa shape index (κ1) is 20.6. The van der Waals surface area contributed by atoms with Crippen molar-refractivity contribution in [1.29, 1.82) is 0 Å². The lowest BCUT2D eigenvalue weighted by Gasteiger charge is -2.35. The molecule has 2 fully saturated rings. The molecule has 1 amide bonds. The molecule has 2 aromatic rings. The third kappa shape index (κ3) is 3.87. The van der Waals surface area contributed by atoms with Gasteiger partial charge < -0.3 is 0 Å². The summed E-state index contributed by atoms with van der Waals surface area (Å²) in [4.78, 5) is 24.4. The Labute approximate surface area is 183 Å². The van der Waals surface area contributed by atoms with Crippen LogP contribution in [-0.2, 0) is 21.2 Å². The zero-order chi connectivity index (χ0) is 21.6. The number of rotatable bonds is 5. The first-order valence-electron chi connectivity index (χ1n) is 11.2. The molecule has 2 aliphatic heterocycles. The predicted molar refractivity (Wildman–Crippen MR) is 117 cm³/mol. The normalized spacial score (nSPS) is 22.4. The van der Waals surface area contributed by atoms with Crippen molar-refractivity contribution in [1.82, 2.24) is 14.3 Å². The summed E-state index contributed by atoms with van der Waals surface area (Å²) >= 11 is 0. The number of hydrogen-bond donors (Lipinski definition) is 0. The summed E-state index contributed by atoms with van der Waals surface area (Å²) in [6, 6.07) is 8.15. The van der Waals surface area contributed by atoms with Crippen LogP contribution in [0, 0.1) is 12.8 Å². The van der Waals surface area contributed by atoms with Crippen LogP contribution in [0.15, 0.2) is 35.2 Å². The number of benzene rings is 1. The largest absolute Gasteiger partial charge is 0.296 e. The van der Waals surface area contributed by atoms with E-state index >= 15 is 0 Å².